The first-order valence-electron chi connectivity index (χ1n) is 12.9. The molecular weight excluding hydrogens is 476 g/mol. The average Bonchev–Trinajstić information content (AvgIpc) is 3.20. The van der Waals surface area contributed by atoms with Crippen molar-refractivity contribution in [2.24, 2.45) is 0 Å². The Hall–Kier alpha value is -5.32. The van der Waals surface area contributed by atoms with E-state index in [0.717, 1.165) is 43.8 Å². The molecule has 0 unspecified atom stereocenters. The molecule has 0 radical (unpaired) electrons. The Balaban J connectivity index is 1.71. The molecule has 0 saturated heterocycles. The van der Waals surface area contributed by atoms with Crippen LogP contribution in [0.5, 0.6) is 0 Å². The minimum absolute atomic E-state index is 0.163. The van der Waals surface area contributed by atoms with Gasteiger partial charge in [0.2, 0.25) is 0 Å². The van der Waals surface area contributed by atoms with Crippen molar-refractivity contribution in [2.75, 3.05) is 0 Å². The number of pyridine rings is 2. The molecule has 6 aromatic rings. The lowest BCUT2D eigenvalue weighted by molar-refractivity contribution is 0.661. The van der Waals surface area contributed by atoms with Crippen molar-refractivity contribution in [3.05, 3.63) is 120 Å². The minimum Gasteiger partial charge on any atom is -0.246 e. The molecule has 2 aromatic heterocycles. The van der Waals surface area contributed by atoms with Crippen LogP contribution in [0.15, 0.2) is 97.3 Å². The predicted molar refractivity (Wildman–Crippen MR) is 155 cm³/mol. The highest BCUT2D eigenvalue weighted by molar-refractivity contribution is 6.22. The zero-order valence-electron chi connectivity index (χ0n) is 21.5. The van der Waals surface area contributed by atoms with Crippen LogP contribution >= 0.6 is 0 Å². The number of benzene rings is 4. The van der Waals surface area contributed by atoms with E-state index in [-0.39, 0.29) is 5.41 Å². The molecular formula is C35H22N4. The monoisotopic (exact) mass is 498 g/mol. The van der Waals surface area contributed by atoms with Crippen molar-refractivity contribution in [2.45, 2.75) is 19.3 Å². The summed E-state index contributed by atoms with van der Waals surface area (Å²) in [5.41, 5.74) is 9.73. The molecule has 0 bridgehead atoms. The van der Waals surface area contributed by atoms with Gasteiger partial charge in [-0.3, -0.25) is 0 Å². The van der Waals surface area contributed by atoms with E-state index in [1.807, 2.05) is 36.4 Å². The summed E-state index contributed by atoms with van der Waals surface area (Å²) in [5, 5.41) is 23.6. The third kappa shape index (κ3) is 3.29. The summed E-state index contributed by atoms with van der Waals surface area (Å²) >= 11 is 0. The molecule has 0 N–H and O–H groups in total. The summed E-state index contributed by atoms with van der Waals surface area (Å²) < 4.78 is 0. The molecule has 1 aliphatic carbocycles. The van der Waals surface area contributed by atoms with Crippen LogP contribution in [-0.4, -0.2) is 9.97 Å². The van der Waals surface area contributed by atoms with E-state index in [2.05, 4.69) is 84.5 Å². The predicted octanol–water partition coefficient (Wildman–Crippen LogP) is 8.17. The van der Waals surface area contributed by atoms with E-state index >= 15 is 0 Å². The molecule has 2 heterocycles. The Bertz CT molecular complexity index is 2070. The standard InChI is InChI=1S/C35H22N4/c1-35(2)31-10-6-5-7-25(31)28-17-29-30(18-32(28)35)34(22-12-14-39-24(16-22)20-37)27-9-4-3-8-26(27)33(29)21-11-13-38-23(15-21)19-36/h3-18H,1-2H3. The third-order valence-corrected chi connectivity index (χ3v) is 8.05. The van der Waals surface area contributed by atoms with Crippen LogP contribution < -0.4 is 0 Å². The topological polar surface area (TPSA) is 73.4 Å². The largest absolute Gasteiger partial charge is 0.246 e. The van der Waals surface area contributed by atoms with Gasteiger partial charge in [0.05, 0.1) is 0 Å². The van der Waals surface area contributed by atoms with Crippen LogP contribution in [0.4, 0.5) is 0 Å². The van der Waals surface area contributed by atoms with E-state index in [4.69, 9.17) is 0 Å². The first kappa shape index (κ1) is 22.8. The number of nitrogens with zero attached hydrogens (tertiary/aromatic N) is 4. The first-order chi connectivity index (χ1) is 19.0. The maximum atomic E-state index is 9.63. The van der Waals surface area contributed by atoms with Crippen molar-refractivity contribution in [3.63, 3.8) is 0 Å². The lowest BCUT2D eigenvalue weighted by atomic mass is 9.79. The molecule has 4 heteroatoms. The molecule has 0 amide bonds. The van der Waals surface area contributed by atoms with E-state index in [0.29, 0.717) is 11.4 Å². The van der Waals surface area contributed by atoms with Crippen molar-refractivity contribution in [3.8, 4) is 45.5 Å². The van der Waals surface area contributed by atoms with E-state index < -0.39 is 0 Å². The normalized spacial score (nSPS) is 13.0. The van der Waals surface area contributed by atoms with Crippen molar-refractivity contribution in [1.29, 1.82) is 10.5 Å². The smallest absolute Gasteiger partial charge is 0.141 e. The Morgan fingerprint density at radius 1 is 0.564 bits per heavy atom. The molecule has 0 aliphatic heterocycles. The second-order valence-electron chi connectivity index (χ2n) is 10.5. The first-order valence-corrected chi connectivity index (χ1v) is 12.9. The average molecular weight is 499 g/mol. The van der Waals surface area contributed by atoms with Gasteiger partial charge in [0.1, 0.15) is 23.5 Å². The maximum absolute atomic E-state index is 9.63. The van der Waals surface area contributed by atoms with Crippen molar-refractivity contribution in [1.82, 2.24) is 9.97 Å². The number of fused-ring (bicyclic) bond motifs is 5. The SMILES string of the molecule is CC1(C)c2ccccc2-c2cc3c(-c4ccnc(C#N)c4)c4ccccc4c(-c4ccnc(C#N)c4)c3cc21. The lowest BCUT2D eigenvalue weighted by Crippen LogP contribution is -2.14. The molecule has 182 valence electrons. The van der Waals surface area contributed by atoms with Crippen LogP contribution in [0.25, 0.3) is 54.9 Å². The van der Waals surface area contributed by atoms with Crippen LogP contribution in [-0.2, 0) is 5.41 Å². The zero-order chi connectivity index (χ0) is 26.7. The van der Waals surface area contributed by atoms with Gasteiger partial charge in [-0.1, -0.05) is 62.4 Å². The zero-order valence-corrected chi connectivity index (χ0v) is 21.5. The molecule has 0 atom stereocenters. The van der Waals surface area contributed by atoms with Crippen LogP contribution in [0.2, 0.25) is 0 Å². The van der Waals surface area contributed by atoms with Gasteiger partial charge in [-0.15, -0.1) is 0 Å². The van der Waals surface area contributed by atoms with Gasteiger partial charge in [0.15, 0.2) is 0 Å². The summed E-state index contributed by atoms with van der Waals surface area (Å²) in [5.74, 6) is 0. The fourth-order valence-electron chi connectivity index (χ4n) is 6.29. The van der Waals surface area contributed by atoms with Gasteiger partial charge < -0.3 is 0 Å². The highest BCUT2D eigenvalue weighted by Gasteiger charge is 2.36. The van der Waals surface area contributed by atoms with Gasteiger partial charge in [0.25, 0.3) is 0 Å². The molecule has 0 spiro atoms. The molecule has 7 rings (SSSR count). The Morgan fingerprint density at radius 3 is 1.69 bits per heavy atom. The summed E-state index contributed by atoms with van der Waals surface area (Å²) in [6.07, 6.45) is 3.41. The molecule has 1 aliphatic rings. The Morgan fingerprint density at radius 2 is 1.10 bits per heavy atom. The number of nitriles is 2. The van der Waals surface area contributed by atoms with Gasteiger partial charge in [0, 0.05) is 17.8 Å². The maximum Gasteiger partial charge on any atom is 0.141 e. The number of rotatable bonds is 2. The summed E-state index contributed by atoms with van der Waals surface area (Å²) in [6, 6.07) is 33.8. The number of aromatic nitrogens is 2. The number of hydrogen-bond donors (Lipinski definition) is 0. The van der Waals surface area contributed by atoms with Gasteiger partial charge in [-0.2, -0.15) is 10.5 Å². The fourth-order valence-corrected chi connectivity index (χ4v) is 6.29. The third-order valence-electron chi connectivity index (χ3n) is 8.05. The van der Waals surface area contributed by atoms with Crippen LogP contribution in [0.1, 0.15) is 36.4 Å². The van der Waals surface area contributed by atoms with E-state index in [9.17, 15) is 10.5 Å². The van der Waals surface area contributed by atoms with Crippen molar-refractivity contribution < 1.29 is 0 Å². The molecule has 4 nitrogen and oxygen atoms in total. The van der Waals surface area contributed by atoms with Crippen LogP contribution in [0.3, 0.4) is 0 Å². The second kappa shape index (κ2) is 8.35. The Kier molecular flexibility index (Phi) is 4.89. The van der Waals surface area contributed by atoms with Crippen LogP contribution in [0, 0.1) is 22.7 Å². The molecule has 39 heavy (non-hydrogen) atoms. The van der Waals surface area contributed by atoms with E-state index in [1.165, 1.54) is 22.3 Å². The molecule has 0 saturated carbocycles. The molecule has 4 aromatic carbocycles. The van der Waals surface area contributed by atoms with E-state index in [1.54, 1.807) is 12.4 Å². The Labute approximate surface area is 226 Å². The highest BCUT2D eigenvalue weighted by atomic mass is 14.7. The lowest BCUT2D eigenvalue weighted by Gasteiger charge is -2.23. The van der Waals surface area contributed by atoms with Gasteiger partial charge >= 0.3 is 0 Å². The fraction of sp³-hybridized carbons (Fsp3) is 0.0857. The number of hydrogen-bond acceptors (Lipinski definition) is 4. The quantitative estimate of drug-likeness (QED) is 0.226. The summed E-state index contributed by atoms with van der Waals surface area (Å²) in [4.78, 5) is 8.47. The molecule has 0 fully saturated rings. The second-order valence-corrected chi connectivity index (χ2v) is 10.5. The van der Waals surface area contributed by atoms with Crippen molar-refractivity contribution >= 4 is 21.5 Å². The van der Waals surface area contributed by atoms with Gasteiger partial charge in [-0.25, -0.2) is 9.97 Å². The summed E-state index contributed by atoms with van der Waals surface area (Å²) in [7, 11) is 0. The minimum atomic E-state index is -0.163. The van der Waals surface area contributed by atoms with Gasteiger partial charge in [-0.05, 0) is 102 Å². The highest BCUT2D eigenvalue weighted by Crippen LogP contribution is 2.53. The summed E-state index contributed by atoms with van der Waals surface area (Å²) in [6.45, 7) is 4.57.